The minimum absolute atomic E-state index is 0.0392. The maximum Gasteiger partial charge on any atom is 0.320 e. The number of nitrogens with one attached hydrogen (secondary N) is 2. The van der Waals surface area contributed by atoms with Crippen LogP contribution in [0.3, 0.4) is 0 Å². The van der Waals surface area contributed by atoms with E-state index in [2.05, 4.69) is 10.6 Å². The van der Waals surface area contributed by atoms with E-state index in [1.165, 1.54) is 39.0 Å². The van der Waals surface area contributed by atoms with Crippen molar-refractivity contribution in [2.45, 2.75) is 58.4 Å². The minimum atomic E-state index is -0.930. The summed E-state index contributed by atoms with van der Waals surface area (Å²) in [6, 6.07) is -0.690. The molecule has 1 unspecified atom stereocenters. The van der Waals surface area contributed by atoms with E-state index in [4.69, 9.17) is 0 Å². The van der Waals surface area contributed by atoms with Gasteiger partial charge in [-0.15, -0.1) is 0 Å². The summed E-state index contributed by atoms with van der Waals surface area (Å²) in [5.41, 5.74) is 0. The zero-order chi connectivity index (χ0) is 17.9. The van der Waals surface area contributed by atoms with Crippen molar-refractivity contribution in [3.05, 3.63) is 0 Å². The number of aliphatic carboxylic acids is 1. The van der Waals surface area contributed by atoms with E-state index in [1.807, 2.05) is 0 Å². The highest BCUT2D eigenvalue weighted by Gasteiger charge is 2.21. The van der Waals surface area contributed by atoms with Crippen molar-refractivity contribution in [3.8, 4) is 0 Å². The molecule has 0 radical (unpaired) electrons. The molecule has 7 heteroatoms. The fraction of sp³-hybridized carbons (Fsp3) is 0.824. The molecule has 0 aliphatic heterocycles. The summed E-state index contributed by atoms with van der Waals surface area (Å²) in [6.07, 6.45) is 6.41. The Morgan fingerprint density at radius 2 is 1.79 bits per heavy atom. The predicted octanol–water partition coefficient (Wildman–Crippen LogP) is 0.984. The third kappa shape index (κ3) is 8.29. The molecule has 1 atom stereocenters. The zero-order valence-corrected chi connectivity index (χ0v) is 14.8. The summed E-state index contributed by atoms with van der Waals surface area (Å²) < 4.78 is 0. The van der Waals surface area contributed by atoms with Crippen LogP contribution >= 0.6 is 0 Å². The molecule has 0 heterocycles. The Hall–Kier alpha value is -1.63. The van der Waals surface area contributed by atoms with Crippen LogP contribution in [0, 0.1) is 5.92 Å². The SMILES string of the molecule is CC(=O)NCCN(CCC(=O)NCC1CCCCC1)C(C)C(=O)O. The Morgan fingerprint density at radius 3 is 2.38 bits per heavy atom. The molecule has 1 saturated carbocycles. The van der Waals surface area contributed by atoms with Crippen molar-refractivity contribution in [2.75, 3.05) is 26.2 Å². The topological polar surface area (TPSA) is 98.7 Å². The molecule has 1 fully saturated rings. The van der Waals surface area contributed by atoms with Gasteiger partial charge < -0.3 is 15.7 Å². The Balaban J connectivity index is 2.34. The maximum atomic E-state index is 12.0. The summed E-state index contributed by atoms with van der Waals surface area (Å²) in [7, 11) is 0. The van der Waals surface area contributed by atoms with Gasteiger partial charge in [-0.25, -0.2) is 0 Å². The molecule has 24 heavy (non-hydrogen) atoms. The number of carbonyl (C=O) groups excluding carboxylic acids is 2. The molecule has 1 rings (SSSR count). The van der Waals surface area contributed by atoms with E-state index >= 15 is 0 Å². The lowest BCUT2D eigenvalue weighted by molar-refractivity contribution is -0.143. The number of hydrogen-bond acceptors (Lipinski definition) is 4. The van der Waals surface area contributed by atoms with Crippen LogP contribution in [0.4, 0.5) is 0 Å². The lowest BCUT2D eigenvalue weighted by atomic mass is 9.89. The standard InChI is InChI=1S/C17H31N3O4/c1-13(17(23)24)20(11-9-18-14(2)21)10-8-16(22)19-12-15-6-4-3-5-7-15/h13,15H,3-12H2,1-2H3,(H,18,21)(H,19,22)(H,23,24). The maximum absolute atomic E-state index is 12.0. The Morgan fingerprint density at radius 1 is 1.12 bits per heavy atom. The van der Waals surface area contributed by atoms with Gasteiger partial charge in [-0.2, -0.15) is 0 Å². The van der Waals surface area contributed by atoms with Crippen molar-refractivity contribution in [1.82, 2.24) is 15.5 Å². The molecule has 7 nitrogen and oxygen atoms in total. The first-order valence-corrected chi connectivity index (χ1v) is 8.88. The minimum Gasteiger partial charge on any atom is -0.480 e. The summed E-state index contributed by atoms with van der Waals surface area (Å²) in [6.45, 7) is 4.88. The molecule has 0 spiro atoms. The van der Waals surface area contributed by atoms with Gasteiger partial charge in [0, 0.05) is 39.5 Å². The van der Waals surface area contributed by atoms with Crippen molar-refractivity contribution < 1.29 is 19.5 Å². The molecule has 0 aromatic heterocycles. The number of amides is 2. The number of hydrogen-bond donors (Lipinski definition) is 3. The van der Waals surface area contributed by atoms with E-state index in [1.54, 1.807) is 11.8 Å². The number of nitrogens with zero attached hydrogens (tertiary/aromatic N) is 1. The van der Waals surface area contributed by atoms with Gasteiger partial charge in [-0.3, -0.25) is 19.3 Å². The second kappa shape index (κ2) is 11.0. The molecule has 0 aromatic rings. The molecule has 0 bridgehead atoms. The third-order valence-electron chi connectivity index (χ3n) is 4.62. The highest BCUT2D eigenvalue weighted by molar-refractivity contribution is 5.76. The van der Waals surface area contributed by atoms with Crippen molar-refractivity contribution >= 4 is 17.8 Å². The van der Waals surface area contributed by atoms with Crippen LogP contribution in [-0.2, 0) is 14.4 Å². The average molecular weight is 341 g/mol. The lowest BCUT2D eigenvalue weighted by Gasteiger charge is -2.26. The Kier molecular flexibility index (Phi) is 9.37. The molecule has 0 aromatic carbocycles. The van der Waals surface area contributed by atoms with Gasteiger partial charge in [0.05, 0.1) is 0 Å². The number of carboxylic acids is 1. The second-order valence-electron chi connectivity index (χ2n) is 6.59. The molecule has 0 saturated heterocycles. The number of carboxylic acid groups (broad SMARTS) is 1. The van der Waals surface area contributed by atoms with E-state index in [0.29, 0.717) is 25.6 Å². The van der Waals surface area contributed by atoms with Gasteiger partial charge >= 0.3 is 5.97 Å². The number of rotatable bonds is 10. The normalized spacial score (nSPS) is 16.6. The molecule has 1 aliphatic carbocycles. The average Bonchev–Trinajstić information content (AvgIpc) is 2.56. The highest BCUT2D eigenvalue weighted by atomic mass is 16.4. The van der Waals surface area contributed by atoms with Gasteiger partial charge in [-0.1, -0.05) is 19.3 Å². The van der Waals surface area contributed by atoms with E-state index in [0.717, 1.165) is 6.54 Å². The van der Waals surface area contributed by atoms with E-state index < -0.39 is 12.0 Å². The Bertz CT molecular complexity index is 422. The van der Waals surface area contributed by atoms with Gasteiger partial charge in [0.25, 0.3) is 0 Å². The quantitative estimate of drug-likeness (QED) is 0.550. The van der Waals surface area contributed by atoms with Gasteiger partial charge in [0.1, 0.15) is 6.04 Å². The van der Waals surface area contributed by atoms with Crippen LogP contribution < -0.4 is 10.6 Å². The number of carbonyl (C=O) groups is 3. The molecule has 3 N–H and O–H groups in total. The molecule has 138 valence electrons. The predicted molar refractivity (Wildman–Crippen MR) is 91.6 cm³/mol. The lowest BCUT2D eigenvalue weighted by Crippen LogP contribution is -2.45. The van der Waals surface area contributed by atoms with Crippen LogP contribution in [0.25, 0.3) is 0 Å². The van der Waals surface area contributed by atoms with Gasteiger partial charge in [0.15, 0.2) is 0 Å². The van der Waals surface area contributed by atoms with Crippen LogP contribution in [0.15, 0.2) is 0 Å². The van der Waals surface area contributed by atoms with E-state index in [9.17, 15) is 19.5 Å². The first-order chi connectivity index (χ1) is 11.4. The summed E-state index contributed by atoms with van der Waals surface area (Å²) in [4.78, 5) is 35.8. The molecular weight excluding hydrogens is 310 g/mol. The smallest absolute Gasteiger partial charge is 0.320 e. The third-order valence-corrected chi connectivity index (χ3v) is 4.62. The van der Waals surface area contributed by atoms with Crippen molar-refractivity contribution in [2.24, 2.45) is 5.92 Å². The fourth-order valence-corrected chi connectivity index (χ4v) is 3.01. The van der Waals surface area contributed by atoms with Crippen LogP contribution in [0.1, 0.15) is 52.4 Å². The summed E-state index contributed by atoms with van der Waals surface area (Å²) >= 11 is 0. The largest absolute Gasteiger partial charge is 0.480 e. The fourth-order valence-electron chi connectivity index (χ4n) is 3.01. The van der Waals surface area contributed by atoms with Crippen molar-refractivity contribution in [3.63, 3.8) is 0 Å². The van der Waals surface area contributed by atoms with Crippen molar-refractivity contribution in [1.29, 1.82) is 0 Å². The van der Waals surface area contributed by atoms with Gasteiger partial charge in [0.2, 0.25) is 11.8 Å². The zero-order valence-electron chi connectivity index (χ0n) is 14.8. The van der Waals surface area contributed by atoms with Crippen LogP contribution in [0.2, 0.25) is 0 Å². The molecule has 1 aliphatic rings. The summed E-state index contributed by atoms with van der Waals surface area (Å²) in [5.74, 6) is -0.539. The Labute approximate surface area is 144 Å². The monoisotopic (exact) mass is 341 g/mol. The highest BCUT2D eigenvalue weighted by Crippen LogP contribution is 2.22. The first kappa shape index (κ1) is 20.4. The molecule has 2 amide bonds. The first-order valence-electron chi connectivity index (χ1n) is 8.88. The molecular formula is C17H31N3O4. The summed E-state index contributed by atoms with van der Waals surface area (Å²) in [5, 5.41) is 14.8. The van der Waals surface area contributed by atoms with Gasteiger partial charge in [-0.05, 0) is 25.7 Å². The van der Waals surface area contributed by atoms with Crippen LogP contribution in [0.5, 0.6) is 0 Å². The van der Waals surface area contributed by atoms with Crippen LogP contribution in [-0.4, -0.2) is 60.0 Å². The van der Waals surface area contributed by atoms with E-state index in [-0.39, 0.29) is 18.2 Å². The second-order valence-corrected chi connectivity index (χ2v) is 6.59.